The first-order valence-corrected chi connectivity index (χ1v) is 8.62. The van der Waals surface area contributed by atoms with Crippen molar-refractivity contribution >= 4 is 39.1 Å². The summed E-state index contributed by atoms with van der Waals surface area (Å²) in [7, 11) is 0. The lowest BCUT2D eigenvalue weighted by Crippen LogP contribution is -2.56. The molecule has 1 aromatic rings. The van der Waals surface area contributed by atoms with E-state index in [9.17, 15) is 9.59 Å². The zero-order chi connectivity index (χ0) is 15.0. The first-order chi connectivity index (χ1) is 10.1. The lowest BCUT2D eigenvalue weighted by molar-refractivity contribution is -0.130. The van der Waals surface area contributed by atoms with Gasteiger partial charge in [-0.05, 0) is 47.3 Å². The Morgan fingerprint density at radius 2 is 2.24 bits per heavy atom. The molecule has 3 rings (SSSR count). The highest BCUT2D eigenvalue weighted by atomic mass is 79.9. The minimum Gasteiger partial charge on any atom is -0.377 e. The molecule has 0 radical (unpaired) electrons. The molecule has 1 saturated heterocycles. The molecule has 2 aliphatic rings. The van der Waals surface area contributed by atoms with E-state index in [4.69, 9.17) is 4.74 Å². The molecule has 0 aromatic carbocycles. The summed E-state index contributed by atoms with van der Waals surface area (Å²) in [6.45, 7) is 3.16. The second kappa shape index (κ2) is 6.06. The minimum absolute atomic E-state index is 0.0898. The van der Waals surface area contributed by atoms with Crippen molar-refractivity contribution < 1.29 is 14.3 Å². The number of carbonyl (C=O) groups is 2. The van der Waals surface area contributed by atoms with Crippen molar-refractivity contribution in [3.8, 4) is 0 Å². The van der Waals surface area contributed by atoms with E-state index >= 15 is 0 Å². The maximum Gasteiger partial charge on any atom is 0.264 e. The summed E-state index contributed by atoms with van der Waals surface area (Å²) in [6, 6.07) is 1.63. The molecule has 7 heteroatoms. The van der Waals surface area contributed by atoms with Crippen LogP contribution >= 0.6 is 27.3 Å². The molecule has 2 fully saturated rings. The predicted octanol–water partition coefficient (Wildman–Crippen LogP) is 1.94. The van der Waals surface area contributed by atoms with Crippen molar-refractivity contribution in [1.82, 2.24) is 10.2 Å². The Kier molecular flexibility index (Phi) is 4.33. The molecule has 2 amide bonds. The molecular formula is C14H17BrN2O3S. The summed E-state index contributed by atoms with van der Waals surface area (Å²) in [6.07, 6.45) is 2.06. The van der Waals surface area contributed by atoms with Crippen molar-refractivity contribution in [3.05, 3.63) is 20.3 Å². The van der Waals surface area contributed by atoms with Gasteiger partial charge in [0.2, 0.25) is 5.91 Å². The number of hydrogen-bond donors (Lipinski definition) is 1. The van der Waals surface area contributed by atoms with Gasteiger partial charge in [0.15, 0.2) is 0 Å². The maximum atomic E-state index is 12.7. The molecule has 1 unspecified atom stereocenters. The smallest absolute Gasteiger partial charge is 0.264 e. The van der Waals surface area contributed by atoms with E-state index in [1.54, 1.807) is 4.90 Å². The van der Waals surface area contributed by atoms with E-state index in [0.29, 0.717) is 18.0 Å². The highest BCUT2D eigenvalue weighted by Crippen LogP contribution is 2.29. The topological polar surface area (TPSA) is 58.6 Å². The van der Waals surface area contributed by atoms with Crippen LogP contribution in [0.4, 0.5) is 0 Å². The van der Waals surface area contributed by atoms with Crippen LogP contribution in [0, 0.1) is 6.92 Å². The Bertz CT molecular complexity index is 551. The lowest BCUT2D eigenvalue weighted by atomic mass is 10.2. The molecule has 1 atom stereocenters. The monoisotopic (exact) mass is 372 g/mol. The summed E-state index contributed by atoms with van der Waals surface area (Å²) in [4.78, 5) is 27.2. The fourth-order valence-electron chi connectivity index (χ4n) is 2.30. The Morgan fingerprint density at radius 1 is 1.48 bits per heavy atom. The van der Waals surface area contributed by atoms with Gasteiger partial charge < -0.3 is 15.0 Å². The van der Waals surface area contributed by atoms with E-state index in [-0.39, 0.29) is 24.5 Å². The standard InChI is InChI=1S/C14H17BrN2O3S/c1-8-6-11(21-12(8)15)14(19)17-4-5-20-7-10(17)13(18)16-9-2-3-9/h6,9-10H,2-5,7H2,1H3,(H,16,18). The van der Waals surface area contributed by atoms with Crippen LogP contribution in [0.25, 0.3) is 0 Å². The van der Waals surface area contributed by atoms with Crippen LogP contribution in [0.3, 0.4) is 0 Å². The molecule has 5 nitrogen and oxygen atoms in total. The fourth-order valence-corrected chi connectivity index (χ4v) is 3.79. The molecule has 0 spiro atoms. The van der Waals surface area contributed by atoms with Crippen molar-refractivity contribution in [1.29, 1.82) is 0 Å². The summed E-state index contributed by atoms with van der Waals surface area (Å²) in [5.41, 5.74) is 1.04. The van der Waals surface area contributed by atoms with Crippen LogP contribution in [0.5, 0.6) is 0 Å². The first-order valence-electron chi connectivity index (χ1n) is 7.01. The first kappa shape index (κ1) is 15.0. The van der Waals surface area contributed by atoms with Crippen molar-refractivity contribution in [2.45, 2.75) is 31.8 Å². The van der Waals surface area contributed by atoms with E-state index in [2.05, 4.69) is 21.2 Å². The van der Waals surface area contributed by atoms with Gasteiger partial charge in [-0.3, -0.25) is 9.59 Å². The predicted molar refractivity (Wildman–Crippen MR) is 83.6 cm³/mol. The van der Waals surface area contributed by atoms with Crippen molar-refractivity contribution in [2.75, 3.05) is 19.8 Å². The number of ether oxygens (including phenoxy) is 1. The zero-order valence-electron chi connectivity index (χ0n) is 11.7. The largest absolute Gasteiger partial charge is 0.377 e. The summed E-state index contributed by atoms with van der Waals surface area (Å²) in [5, 5.41) is 2.96. The number of hydrogen-bond acceptors (Lipinski definition) is 4. The minimum atomic E-state index is -0.520. The van der Waals surface area contributed by atoms with Crippen LogP contribution in [-0.4, -0.2) is 48.6 Å². The average molecular weight is 373 g/mol. The maximum absolute atomic E-state index is 12.7. The van der Waals surface area contributed by atoms with Crippen LogP contribution in [0.15, 0.2) is 9.85 Å². The Morgan fingerprint density at radius 3 is 2.86 bits per heavy atom. The highest BCUT2D eigenvalue weighted by Gasteiger charge is 2.36. The van der Waals surface area contributed by atoms with Gasteiger partial charge >= 0.3 is 0 Å². The third-order valence-electron chi connectivity index (χ3n) is 3.68. The molecule has 1 aliphatic carbocycles. The molecule has 2 heterocycles. The highest BCUT2D eigenvalue weighted by molar-refractivity contribution is 9.11. The van der Waals surface area contributed by atoms with Crippen LogP contribution in [-0.2, 0) is 9.53 Å². The number of nitrogens with zero attached hydrogens (tertiary/aromatic N) is 1. The van der Waals surface area contributed by atoms with Crippen molar-refractivity contribution in [3.63, 3.8) is 0 Å². The molecule has 1 aliphatic heterocycles. The van der Waals surface area contributed by atoms with E-state index in [1.807, 2.05) is 13.0 Å². The molecular weight excluding hydrogens is 356 g/mol. The second-order valence-corrected chi connectivity index (χ2v) is 7.81. The molecule has 114 valence electrons. The normalized spacial score (nSPS) is 22.2. The molecule has 0 bridgehead atoms. The summed E-state index contributed by atoms with van der Waals surface area (Å²) in [5.74, 6) is -0.189. The van der Waals surface area contributed by atoms with Gasteiger partial charge in [-0.15, -0.1) is 11.3 Å². The molecule has 1 saturated carbocycles. The van der Waals surface area contributed by atoms with Gasteiger partial charge in [-0.25, -0.2) is 0 Å². The number of thiophene rings is 1. The van der Waals surface area contributed by atoms with Gasteiger partial charge in [0.05, 0.1) is 21.9 Å². The third-order valence-corrected chi connectivity index (χ3v) is 5.81. The zero-order valence-corrected chi connectivity index (χ0v) is 14.1. The summed E-state index contributed by atoms with van der Waals surface area (Å²) < 4.78 is 6.35. The van der Waals surface area contributed by atoms with Crippen molar-refractivity contribution in [2.24, 2.45) is 0 Å². The lowest BCUT2D eigenvalue weighted by Gasteiger charge is -2.34. The summed E-state index contributed by atoms with van der Waals surface area (Å²) >= 11 is 4.85. The number of halogens is 1. The Labute approximate surface area is 135 Å². The molecule has 21 heavy (non-hydrogen) atoms. The molecule has 1 aromatic heterocycles. The average Bonchev–Trinajstić information content (AvgIpc) is 3.23. The van der Waals surface area contributed by atoms with Gasteiger partial charge in [-0.2, -0.15) is 0 Å². The number of amides is 2. The Balaban J connectivity index is 1.76. The number of rotatable bonds is 3. The van der Waals surface area contributed by atoms with Crippen LogP contribution in [0.2, 0.25) is 0 Å². The fraction of sp³-hybridized carbons (Fsp3) is 0.571. The van der Waals surface area contributed by atoms with Gasteiger partial charge in [-0.1, -0.05) is 0 Å². The van der Waals surface area contributed by atoms with Crippen LogP contribution in [0.1, 0.15) is 28.1 Å². The SMILES string of the molecule is Cc1cc(C(=O)N2CCOCC2C(=O)NC2CC2)sc1Br. The van der Waals surface area contributed by atoms with E-state index in [0.717, 1.165) is 22.2 Å². The van der Waals surface area contributed by atoms with E-state index < -0.39 is 6.04 Å². The third kappa shape index (κ3) is 3.30. The Hall–Kier alpha value is -0.920. The second-order valence-electron chi connectivity index (χ2n) is 5.44. The number of morpholine rings is 1. The number of aryl methyl sites for hydroxylation is 1. The molecule has 1 N–H and O–H groups in total. The van der Waals surface area contributed by atoms with Gasteiger partial charge in [0, 0.05) is 12.6 Å². The van der Waals surface area contributed by atoms with E-state index in [1.165, 1.54) is 11.3 Å². The van der Waals surface area contributed by atoms with Crippen LogP contribution < -0.4 is 5.32 Å². The van der Waals surface area contributed by atoms with Gasteiger partial charge in [0.1, 0.15) is 6.04 Å². The number of carbonyl (C=O) groups excluding carboxylic acids is 2. The number of nitrogens with one attached hydrogen (secondary N) is 1. The van der Waals surface area contributed by atoms with Gasteiger partial charge in [0.25, 0.3) is 5.91 Å². The quantitative estimate of drug-likeness (QED) is 0.881.